The summed E-state index contributed by atoms with van der Waals surface area (Å²) < 4.78 is 26.7. The van der Waals surface area contributed by atoms with Crippen molar-refractivity contribution in [2.24, 2.45) is 5.73 Å². The normalized spacial score (nSPS) is 16.9. The molecule has 0 radical (unpaired) electrons. The van der Waals surface area contributed by atoms with Gasteiger partial charge in [-0.2, -0.15) is 4.31 Å². The average Bonchev–Trinajstić information content (AvgIpc) is 2.41. The van der Waals surface area contributed by atoms with Crippen LogP contribution in [0.4, 0.5) is 5.69 Å². The lowest BCUT2D eigenvalue weighted by Crippen LogP contribution is -2.35. The van der Waals surface area contributed by atoms with E-state index in [4.69, 9.17) is 18.0 Å². The SMILES string of the molecule is Cc1ccc(S(=O)(=O)N2CCCCC2)cc1NC(N)=S. The van der Waals surface area contributed by atoms with Gasteiger partial charge in [0.2, 0.25) is 10.0 Å². The molecule has 1 aromatic rings. The molecule has 1 aliphatic heterocycles. The molecule has 3 N–H and O–H groups in total. The Morgan fingerprint density at radius 1 is 1.30 bits per heavy atom. The van der Waals surface area contributed by atoms with Crippen LogP contribution >= 0.6 is 12.2 Å². The van der Waals surface area contributed by atoms with Gasteiger partial charge in [-0.15, -0.1) is 0 Å². The van der Waals surface area contributed by atoms with Gasteiger partial charge in [0, 0.05) is 18.8 Å². The quantitative estimate of drug-likeness (QED) is 0.833. The Balaban J connectivity index is 2.33. The number of nitrogens with one attached hydrogen (secondary N) is 1. The number of nitrogens with zero attached hydrogens (tertiary/aromatic N) is 1. The first-order valence-corrected chi connectivity index (χ1v) is 8.43. The van der Waals surface area contributed by atoms with Crippen LogP contribution in [0.3, 0.4) is 0 Å². The molecule has 1 aliphatic rings. The minimum Gasteiger partial charge on any atom is -0.376 e. The van der Waals surface area contributed by atoms with Crippen molar-refractivity contribution in [3.05, 3.63) is 23.8 Å². The van der Waals surface area contributed by atoms with Crippen LogP contribution in [-0.2, 0) is 10.0 Å². The van der Waals surface area contributed by atoms with E-state index in [0.29, 0.717) is 18.8 Å². The Morgan fingerprint density at radius 2 is 1.95 bits per heavy atom. The van der Waals surface area contributed by atoms with E-state index >= 15 is 0 Å². The fraction of sp³-hybridized carbons (Fsp3) is 0.462. The number of hydrogen-bond donors (Lipinski definition) is 2. The second-order valence-electron chi connectivity index (χ2n) is 4.93. The fourth-order valence-electron chi connectivity index (χ4n) is 2.28. The molecule has 0 amide bonds. The molecule has 1 heterocycles. The third-order valence-electron chi connectivity index (χ3n) is 3.42. The molecule has 1 fully saturated rings. The van der Waals surface area contributed by atoms with Gasteiger partial charge in [0.05, 0.1) is 4.90 Å². The summed E-state index contributed by atoms with van der Waals surface area (Å²) in [4.78, 5) is 0.281. The zero-order valence-corrected chi connectivity index (χ0v) is 13.1. The Labute approximate surface area is 125 Å². The van der Waals surface area contributed by atoms with E-state index in [1.54, 1.807) is 22.5 Å². The molecule has 1 saturated heterocycles. The van der Waals surface area contributed by atoms with Crippen molar-refractivity contribution >= 4 is 33.0 Å². The predicted molar refractivity (Wildman–Crippen MR) is 84.2 cm³/mol. The molecular formula is C13H19N3O2S2. The number of nitrogens with two attached hydrogens (primary N) is 1. The number of thiocarbonyl (C=S) groups is 1. The number of piperidine rings is 1. The second-order valence-corrected chi connectivity index (χ2v) is 7.31. The minimum absolute atomic E-state index is 0.126. The molecule has 0 saturated carbocycles. The highest BCUT2D eigenvalue weighted by Crippen LogP contribution is 2.25. The summed E-state index contributed by atoms with van der Waals surface area (Å²) in [7, 11) is -3.43. The summed E-state index contributed by atoms with van der Waals surface area (Å²) in [5.41, 5.74) is 6.99. The minimum atomic E-state index is -3.43. The van der Waals surface area contributed by atoms with Crippen LogP contribution in [0.25, 0.3) is 0 Å². The number of rotatable bonds is 3. The van der Waals surface area contributed by atoms with Gasteiger partial charge in [0.25, 0.3) is 0 Å². The lowest BCUT2D eigenvalue weighted by atomic mass is 10.2. The number of aryl methyl sites for hydroxylation is 1. The standard InChI is InChI=1S/C13H19N3O2S2/c1-10-5-6-11(9-12(10)15-13(14)19)20(17,18)16-7-3-2-4-8-16/h5-6,9H,2-4,7-8H2,1H3,(H3,14,15,19). The van der Waals surface area contributed by atoms with Crippen molar-refractivity contribution < 1.29 is 8.42 Å². The van der Waals surface area contributed by atoms with Crippen LogP contribution in [0.1, 0.15) is 24.8 Å². The summed E-state index contributed by atoms with van der Waals surface area (Å²) in [6.07, 6.45) is 2.93. The molecule has 0 spiro atoms. The van der Waals surface area contributed by atoms with Crippen LogP contribution in [0.5, 0.6) is 0 Å². The second kappa shape index (κ2) is 6.07. The van der Waals surface area contributed by atoms with Crippen molar-refractivity contribution in [3.63, 3.8) is 0 Å². The largest absolute Gasteiger partial charge is 0.376 e. The molecule has 0 aromatic heterocycles. The van der Waals surface area contributed by atoms with Gasteiger partial charge in [-0.05, 0) is 49.7 Å². The molecule has 0 unspecified atom stereocenters. The van der Waals surface area contributed by atoms with Gasteiger partial charge in [-0.25, -0.2) is 8.42 Å². The monoisotopic (exact) mass is 313 g/mol. The number of anilines is 1. The molecule has 2 rings (SSSR count). The van der Waals surface area contributed by atoms with E-state index in [2.05, 4.69) is 5.32 Å². The summed E-state index contributed by atoms with van der Waals surface area (Å²) in [5, 5.41) is 2.94. The Bertz CT molecular complexity index is 608. The number of sulfonamides is 1. The van der Waals surface area contributed by atoms with Gasteiger partial charge in [-0.1, -0.05) is 12.5 Å². The third kappa shape index (κ3) is 3.28. The van der Waals surface area contributed by atoms with Crippen molar-refractivity contribution in [2.75, 3.05) is 18.4 Å². The van der Waals surface area contributed by atoms with Gasteiger partial charge < -0.3 is 11.1 Å². The van der Waals surface area contributed by atoms with Crippen LogP contribution in [-0.4, -0.2) is 30.9 Å². The van der Waals surface area contributed by atoms with E-state index in [1.165, 1.54) is 0 Å². The van der Waals surface area contributed by atoms with Gasteiger partial charge >= 0.3 is 0 Å². The van der Waals surface area contributed by atoms with E-state index in [9.17, 15) is 8.42 Å². The van der Waals surface area contributed by atoms with Crippen LogP contribution in [0.15, 0.2) is 23.1 Å². The molecule has 110 valence electrons. The summed E-state index contributed by atoms with van der Waals surface area (Å²) in [6, 6.07) is 4.99. The average molecular weight is 313 g/mol. The Hall–Kier alpha value is -1.18. The predicted octanol–water partition coefficient (Wildman–Crippen LogP) is 1.83. The van der Waals surface area contributed by atoms with Crippen LogP contribution in [0.2, 0.25) is 0 Å². The molecule has 7 heteroatoms. The maximum absolute atomic E-state index is 12.6. The molecule has 20 heavy (non-hydrogen) atoms. The Morgan fingerprint density at radius 3 is 2.55 bits per heavy atom. The van der Waals surface area contributed by atoms with Crippen molar-refractivity contribution in [3.8, 4) is 0 Å². The zero-order chi connectivity index (χ0) is 14.8. The highest BCUT2D eigenvalue weighted by atomic mass is 32.2. The third-order valence-corrected chi connectivity index (χ3v) is 5.42. The van der Waals surface area contributed by atoms with Crippen molar-refractivity contribution in [1.29, 1.82) is 0 Å². The highest BCUT2D eigenvalue weighted by Gasteiger charge is 2.26. The molecule has 5 nitrogen and oxygen atoms in total. The first-order chi connectivity index (χ1) is 9.41. The summed E-state index contributed by atoms with van der Waals surface area (Å²) in [5.74, 6) is 0. The molecular weight excluding hydrogens is 294 g/mol. The fourth-order valence-corrected chi connectivity index (χ4v) is 3.94. The maximum Gasteiger partial charge on any atom is 0.243 e. The highest BCUT2D eigenvalue weighted by molar-refractivity contribution is 7.89. The first kappa shape index (κ1) is 15.2. The maximum atomic E-state index is 12.6. The lowest BCUT2D eigenvalue weighted by molar-refractivity contribution is 0.346. The smallest absolute Gasteiger partial charge is 0.243 e. The van der Waals surface area contributed by atoms with Crippen molar-refractivity contribution in [2.45, 2.75) is 31.1 Å². The molecule has 1 aromatic carbocycles. The molecule has 0 bridgehead atoms. The van der Waals surface area contributed by atoms with Gasteiger partial charge in [0.15, 0.2) is 5.11 Å². The van der Waals surface area contributed by atoms with Crippen molar-refractivity contribution in [1.82, 2.24) is 4.31 Å². The summed E-state index contributed by atoms with van der Waals surface area (Å²) >= 11 is 4.81. The van der Waals surface area contributed by atoms with E-state index in [1.807, 2.05) is 6.92 Å². The topological polar surface area (TPSA) is 75.4 Å². The lowest BCUT2D eigenvalue weighted by Gasteiger charge is -2.26. The van der Waals surface area contributed by atoms with E-state index < -0.39 is 10.0 Å². The van der Waals surface area contributed by atoms with Crippen LogP contribution in [0, 0.1) is 6.92 Å². The number of benzene rings is 1. The van der Waals surface area contributed by atoms with Gasteiger partial charge in [0.1, 0.15) is 0 Å². The van der Waals surface area contributed by atoms with E-state index in [0.717, 1.165) is 24.8 Å². The van der Waals surface area contributed by atoms with E-state index in [-0.39, 0.29) is 10.0 Å². The first-order valence-electron chi connectivity index (χ1n) is 6.58. The summed E-state index contributed by atoms with van der Waals surface area (Å²) in [6.45, 7) is 3.06. The van der Waals surface area contributed by atoms with Gasteiger partial charge in [-0.3, -0.25) is 0 Å². The number of hydrogen-bond acceptors (Lipinski definition) is 3. The Kier molecular flexibility index (Phi) is 4.62. The molecule has 0 atom stereocenters. The molecule has 0 aliphatic carbocycles. The van der Waals surface area contributed by atoms with Crippen LogP contribution < -0.4 is 11.1 Å². The zero-order valence-electron chi connectivity index (χ0n) is 11.4.